The van der Waals surface area contributed by atoms with Crippen molar-refractivity contribution in [2.45, 2.75) is 6.42 Å². The maximum atomic E-state index is 12.1. The molecule has 2 aromatic carbocycles. The quantitative estimate of drug-likeness (QED) is 0.772. The average molecular weight is 281 g/mol. The summed E-state index contributed by atoms with van der Waals surface area (Å²) in [6.07, 6.45) is 0.276. The molecule has 0 radical (unpaired) electrons. The Morgan fingerprint density at radius 3 is 2.95 bits per heavy atom. The first-order chi connectivity index (χ1) is 10.3. The first kappa shape index (κ1) is 13.2. The highest BCUT2D eigenvalue weighted by Gasteiger charge is 2.09. The molecule has 0 atom stereocenters. The van der Waals surface area contributed by atoms with Gasteiger partial charge in [-0.3, -0.25) is 9.89 Å². The first-order valence-electron chi connectivity index (χ1n) is 6.62. The van der Waals surface area contributed by atoms with Crippen LogP contribution in [0.5, 0.6) is 5.75 Å². The minimum atomic E-state index is -0.111. The lowest BCUT2D eigenvalue weighted by molar-refractivity contribution is -0.115. The van der Waals surface area contributed by atoms with Gasteiger partial charge < -0.3 is 10.1 Å². The number of aromatic nitrogens is 2. The van der Waals surface area contributed by atoms with Gasteiger partial charge in [-0.05, 0) is 29.8 Å². The number of nitrogens with one attached hydrogen (secondary N) is 2. The van der Waals surface area contributed by atoms with E-state index in [1.807, 2.05) is 48.5 Å². The Balaban J connectivity index is 1.74. The van der Waals surface area contributed by atoms with Gasteiger partial charge in [0.05, 0.1) is 19.0 Å². The van der Waals surface area contributed by atoms with Crippen LogP contribution in [0, 0.1) is 0 Å². The summed E-state index contributed by atoms with van der Waals surface area (Å²) in [6, 6.07) is 15.1. The third-order valence-electron chi connectivity index (χ3n) is 3.23. The number of fused-ring (bicyclic) bond motifs is 1. The molecule has 3 aromatic rings. The van der Waals surface area contributed by atoms with Crippen LogP contribution >= 0.6 is 0 Å². The molecule has 1 aromatic heterocycles. The zero-order valence-electron chi connectivity index (χ0n) is 11.6. The number of para-hydroxylation sites is 1. The van der Waals surface area contributed by atoms with Gasteiger partial charge in [-0.15, -0.1) is 0 Å². The number of methoxy groups -OCH3 is 1. The molecule has 0 saturated carbocycles. The molecule has 1 amide bonds. The number of rotatable bonds is 4. The SMILES string of the molecule is COc1cccc(CC(=O)Nc2n[nH]c3ccccc23)c1. The van der Waals surface area contributed by atoms with Gasteiger partial charge in [0.2, 0.25) is 5.91 Å². The van der Waals surface area contributed by atoms with Crippen molar-refractivity contribution >= 4 is 22.6 Å². The van der Waals surface area contributed by atoms with E-state index in [-0.39, 0.29) is 12.3 Å². The van der Waals surface area contributed by atoms with E-state index in [2.05, 4.69) is 15.5 Å². The van der Waals surface area contributed by atoms with Crippen LogP contribution in [0.4, 0.5) is 5.82 Å². The number of hydrogen-bond acceptors (Lipinski definition) is 3. The molecule has 0 bridgehead atoms. The molecule has 5 nitrogen and oxygen atoms in total. The van der Waals surface area contributed by atoms with Crippen molar-refractivity contribution in [3.8, 4) is 5.75 Å². The Morgan fingerprint density at radius 2 is 2.10 bits per heavy atom. The maximum Gasteiger partial charge on any atom is 0.230 e. The normalized spacial score (nSPS) is 10.5. The largest absolute Gasteiger partial charge is 0.497 e. The number of hydrogen-bond donors (Lipinski definition) is 2. The van der Waals surface area contributed by atoms with Gasteiger partial charge in [-0.1, -0.05) is 24.3 Å². The molecule has 0 aliphatic heterocycles. The topological polar surface area (TPSA) is 67.0 Å². The Morgan fingerprint density at radius 1 is 1.24 bits per heavy atom. The standard InChI is InChI=1S/C16H15N3O2/c1-21-12-6-4-5-11(9-12)10-15(20)17-16-13-7-2-3-8-14(13)18-19-16/h2-9H,10H2,1H3,(H2,17,18,19,20). The van der Waals surface area contributed by atoms with Crippen LogP contribution in [-0.4, -0.2) is 23.2 Å². The Labute approximate surface area is 121 Å². The summed E-state index contributed by atoms with van der Waals surface area (Å²) in [5, 5.41) is 10.7. The molecule has 21 heavy (non-hydrogen) atoms. The first-order valence-corrected chi connectivity index (χ1v) is 6.62. The molecule has 0 aliphatic carbocycles. The number of ether oxygens (including phenoxy) is 1. The highest BCUT2D eigenvalue weighted by atomic mass is 16.5. The zero-order chi connectivity index (χ0) is 14.7. The van der Waals surface area contributed by atoms with Crippen LogP contribution in [0.3, 0.4) is 0 Å². The van der Waals surface area contributed by atoms with E-state index in [1.165, 1.54) is 0 Å². The van der Waals surface area contributed by atoms with Crippen molar-refractivity contribution in [2.24, 2.45) is 0 Å². The molecule has 0 aliphatic rings. The zero-order valence-corrected chi connectivity index (χ0v) is 11.6. The van der Waals surface area contributed by atoms with Crippen molar-refractivity contribution < 1.29 is 9.53 Å². The number of aromatic amines is 1. The highest BCUT2D eigenvalue weighted by molar-refractivity contribution is 6.00. The van der Waals surface area contributed by atoms with E-state index in [0.29, 0.717) is 5.82 Å². The Kier molecular flexibility index (Phi) is 3.55. The minimum absolute atomic E-state index is 0.111. The molecular weight excluding hydrogens is 266 g/mol. The second kappa shape index (κ2) is 5.66. The van der Waals surface area contributed by atoms with Gasteiger partial charge >= 0.3 is 0 Å². The van der Waals surface area contributed by atoms with E-state index in [0.717, 1.165) is 22.2 Å². The van der Waals surface area contributed by atoms with Gasteiger partial charge in [-0.25, -0.2) is 0 Å². The summed E-state index contributed by atoms with van der Waals surface area (Å²) in [5.74, 6) is 1.18. The number of anilines is 1. The summed E-state index contributed by atoms with van der Waals surface area (Å²) in [5.41, 5.74) is 1.79. The van der Waals surface area contributed by atoms with Crippen LogP contribution in [-0.2, 0) is 11.2 Å². The lowest BCUT2D eigenvalue weighted by Crippen LogP contribution is -2.14. The number of H-pyrrole nitrogens is 1. The Bertz CT molecular complexity index is 780. The molecule has 1 heterocycles. The van der Waals surface area contributed by atoms with Crippen LogP contribution in [0.25, 0.3) is 10.9 Å². The molecule has 2 N–H and O–H groups in total. The molecule has 0 unspecified atom stereocenters. The summed E-state index contributed by atoms with van der Waals surface area (Å²) < 4.78 is 5.15. The predicted molar refractivity (Wildman–Crippen MR) is 81.4 cm³/mol. The predicted octanol–water partition coefficient (Wildman–Crippen LogP) is 2.75. The van der Waals surface area contributed by atoms with Crippen LogP contribution < -0.4 is 10.1 Å². The van der Waals surface area contributed by atoms with Gasteiger partial charge in [0, 0.05) is 5.39 Å². The smallest absolute Gasteiger partial charge is 0.230 e. The van der Waals surface area contributed by atoms with E-state index in [9.17, 15) is 4.79 Å². The van der Waals surface area contributed by atoms with Crippen LogP contribution in [0.1, 0.15) is 5.56 Å². The number of carbonyl (C=O) groups excluding carboxylic acids is 1. The highest BCUT2D eigenvalue weighted by Crippen LogP contribution is 2.20. The summed E-state index contributed by atoms with van der Waals surface area (Å²) >= 11 is 0. The average Bonchev–Trinajstić information content (AvgIpc) is 2.91. The lowest BCUT2D eigenvalue weighted by atomic mass is 10.1. The van der Waals surface area contributed by atoms with Crippen molar-refractivity contribution in [1.29, 1.82) is 0 Å². The van der Waals surface area contributed by atoms with Gasteiger partial charge in [0.25, 0.3) is 0 Å². The second-order valence-electron chi connectivity index (χ2n) is 4.69. The number of amides is 1. The maximum absolute atomic E-state index is 12.1. The van der Waals surface area contributed by atoms with Crippen LogP contribution in [0.2, 0.25) is 0 Å². The lowest BCUT2D eigenvalue weighted by Gasteiger charge is -2.05. The third kappa shape index (κ3) is 2.86. The van der Waals surface area contributed by atoms with Crippen molar-refractivity contribution in [2.75, 3.05) is 12.4 Å². The summed E-state index contributed by atoms with van der Waals surface area (Å²) in [7, 11) is 1.61. The van der Waals surface area contributed by atoms with Gasteiger partial charge in [-0.2, -0.15) is 5.10 Å². The molecular formula is C16H15N3O2. The molecule has 106 valence electrons. The third-order valence-corrected chi connectivity index (χ3v) is 3.23. The van der Waals surface area contributed by atoms with Crippen LogP contribution in [0.15, 0.2) is 48.5 Å². The van der Waals surface area contributed by atoms with Gasteiger partial charge in [0.15, 0.2) is 5.82 Å². The van der Waals surface area contributed by atoms with E-state index >= 15 is 0 Å². The van der Waals surface area contributed by atoms with Gasteiger partial charge in [0.1, 0.15) is 5.75 Å². The molecule has 5 heteroatoms. The fourth-order valence-corrected chi connectivity index (χ4v) is 2.20. The van der Waals surface area contributed by atoms with Crippen molar-refractivity contribution in [3.05, 3.63) is 54.1 Å². The fraction of sp³-hybridized carbons (Fsp3) is 0.125. The monoisotopic (exact) mass is 281 g/mol. The Hall–Kier alpha value is -2.82. The molecule has 0 fully saturated rings. The fourth-order valence-electron chi connectivity index (χ4n) is 2.20. The van der Waals surface area contributed by atoms with Crippen molar-refractivity contribution in [3.63, 3.8) is 0 Å². The number of benzene rings is 2. The second-order valence-corrected chi connectivity index (χ2v) is 4.69. The number of nitrogens with zero attached hydrogens (tertiary/aromatic N) is 1. The minimum Gasteiger partial charge on any atom is -0.497 e. The van der Waals surface area contributed by atoms with E-state index in [1.54, 1.807) is 7.11 Å². The van der Waals surface area contributed by atoms with Crippen molar-refractivity contribution in [1.82, 2.24) is 10.2 Å². The molecule has 0 spiro atoms. The van der Waals surface area contributed by atoms with E-state index in [4.69, 9.17) is 4.74 Å². The van der Waals surface area contributed by atoms with E-state index < -0.39 is 0 Å². The summed E-state index contributed by atoms with van der Waals surface area (Å²) in [6.45, 7) is 0. The summed E-state index contributed by atoms with van der Waals surface area (Å²) in [4.78, 5) is 12.1. The number of carbonyl (C=O) groups is 1. The molecule has 0 saturated heterocycles. The molecule has 3 rings (SSSR count).